The highest BCUT2D eigenvalue weighted by molar-refractivity contribution is 6.04. The van der Waals surface area contributed by atoms with Crippen molar-refractivity contribution in [3.63, 3.8) is 0 Å². The Morgan fingerprint density at radius 3 is 2.07 bits per heavy atom. The summed E-state index contributed by atoms with van der Waals surface area (Å²) in [6, 6.07) is 17.0. The van der Waals surface area contributed by atoms with Crippen LogP contribution >= 0.6 is 0 Å². The third kappa shape index (κ3) is 3.81. The van der Waals surface area contributed by atoms with Crippen LogP contribution in [-0.2, 0) is 11.2 Å². The molecule has 0 unspecified atom stereocenters. The van der Waals surface area contributed by atoms with Crippen molar-refractivity contribution in [1.29, 1.82) is 0 Å². The van der Waals surface area contributed by atoms with Gasteiger partial charge in [0.2, 0.25) is 5.91 Å². The average molecular weight is 389 g/mol. The molecular weight excluding hydrogens is 360 g/mol. The van der Waals surface area contributed by atoms with Gasteiger partial charge in [0, 0.05) is 5.54 Å². The van der Waals surface area contributed by atoms with Crippen LogP contribution in [0, 0.1) is 17.8 Å². The summed E-state index contributed by atoms with van der Waals surface area (Å²) in [6.45, 7) is 0. The van der Waals surface area contributed by atoms with Crippen molar-refractivity contribution >= 4 is 17.5 Å². The largest absolute Gasteiger partial charge is 0.347 e. The van der Waals surface area contributed by atoms with Gasteiger partial charge >= 0.3 is 0 Å². The normalized spacial score (nSPS) is 29.4. The lowest BCUT2D eigenvalue weighted by Crippen LogP contribution is -2.59. The van der Waals surface area contributed by atoms with E-state index in [0.717, 1.165) is 42.6 Å². The zero-order chi connectivity index (χ0) is 19.8. The molecule has 6 rings (SSSR count). The van der Waals surface area contributed by atoms with Crippen LogP contribution in [0.5, 0.6) is 0 Å². The predicted molar refractivity (Wildman–Crippen MR) is 114 cm³/mol. The summed E-state index contributed by atoms with van der Waals surface area (Å²) < 4.78 is 0. The van der Waals surface area contributed by atoms with Gasteiger partial charge in [0.05, 0.1) is 17.7 Å². The first kappa shape index (κ1) is 18.4. The number of carbonyl (C=O) groups is 2. The molecule has 2 aromatic carbocycles. The number of carbonyl (C=O) groups excluding carboxylic acids is 2. The Hall–Kier alpha value is -2.62. The second-order valence-corrected chi connectivity index (χ2v) is 9.41. The highest BCUT2D eigenvalue weighted by atomic mass is 16.2. The number of benzene rings is 2. The molecule has 4 aliphatic rings. The lowest BCUT2D eigenvalue weighted by Gasteiger charge is -2.56. The van der Waals surface area contributed by atoms with Crippen LogP contribution in [0.2, 0.25) is 0 Å². The molecular formula is C25H28N2O2. The minimum atomic E-state index is -0.105. The van der Waals surface area contributed by atoms with E-state index in [9.17, 15) is 9.59 Å². The molecule has 150 valence electrons. The summed E-state index contributed by atoms with van der Waals surface area (Å²) in [6.07, 6.45) is 7.70. The van der Waals surface area contributed by atoms with Crippen molar-refractivity contribution in [2.75, 3.05) is 5.32 Å². The molecule has 4 bridgehead atoms. The molecule has 0 atom stereocenters. The summed E-state index contributed by atoms with van der Waals surface area (Å²) in [4.78, 5) is 25.8. The van der Waals surface area contributed by atoms with Gasteiger partial charge in [-0.3, -0.25) is 9.59 Å². The van der Waals surface area contributed by atoms with Gasteiger partial charge in [-0.05, 0) is 74.0 Å². The van der Waals surface area contributed by atoms with Gasteiger partial charge in [-0.2, -0.15) is 0 Å². The molecule has 4 heteroatoms. The van der Waals surface area contributed by atoms with Gasteiger partial charge in [0.25, 0.3) is 5.91 Å². The molecule has 2 amide bonds. The Bertz CT molecular complexity index is 886. The second kappa shape index (κ2) is 7.33. The van der Waals surface area contributed by atoms with E-state index in [0.29, 0.717) is 17.7 Å². The highest BCUT2D eigenvalue weighted by Crippen LogP contribution is 2.55. The maximum absolute atomic E-state index is 13.2. The van der Waals surface area contributed by atoms with Crippen LogP contribution < -0.4 is 10.6 Å². The van der Waals surface area contributed by atoms with E-state index in [2.05, 4.69) is 10.6 Å². The molecule has 0 spiro atoms. The van der Waals surface area contributed by atoms with Gasteiger partial charge in [0.15, 0.2) is 0 Å². The van der Waals surface area contributed by atoms with E-state index in [4.69, 9.17) is 0 Å². The Kier molecular flexibility index (Phi) is 4.65. The molecule has 0 aliphatic heterocycles. The van der Waals surface area contributed by atoms with Crippen molar-refractivity contribution in [3.05, 3.63) is 65.7 Å². The number of amides is 2. The molecule has 29 heavy (non-hydrogen) atoms. The smallest absolute Gasteiger partial charge is 0.253 e. The summed E-state index contributed by atoms with van der Waals surface area (Å²) in [5.74, 6) is 2.18. The third-order valence-corrected chi connectivity index (χ3v) is 7.07. The first-order chi connectivity index (χ1) is 14.1. The van der Waals surface area contributed by atoms with E-state index in [1.807, 2.05) is 54.6 Å². The van der Waals surface area contributed by atoms with E-state index in [1.165, 1.54) is 19.3 Å². The maximum atomic E-state index is 13.2. The molecule has 4 nitrogen and oxygen atoms in total. The zero-order valence-electron chi connectivity index (χ0n) is 16.7. The zero-order valence-corrected chi connectivity index (χ0v) is 16.7. The number of rotatable bonds is 5. The lowest BCUT2D eigenvalue weighted by molar-refractivity contribution is -0.115. The molecule has 0 heterocycles. The van der Waals surface area contributed by atoms with Crippen molar-refractivity contribution in [2.45, 2.75) is 50.5 Å². The maximum Gasteiger partial charge on any atom is 0.253 e. The van der Waals surface area contributed by atoms with Crippen molar-refractivity contribution < 1.29 is 9.59 Å². The fourth-order valence-corrected chi connectivity index (χ4v) is 6.34. The Morgan fingerprint density at radius 1 is 0.828 bits per heavy atom. The molecule has 0 radical (unpaired) electrons. The fraction of sp³-hybridized carbons (Fsp3) is 0.440. The Labute approximate surface area is 172 Å². The van der Waals surface area contributed by atoms with E-state index >= 15 is 0 Å². The van der Waals surface area contributed by atoms with Crippen LogP contribution in [0.15, 0.2) is 54.6 Å². The molecule has 4 saturated carbocycles. The van der Waals surface area contributed by atoms with Gasteiger partial charge in [-0.25, -0.2) is 0 Å². The lowest BCUT2D eigenvalue weighted by atomic mass is 9.53. The summed E-state index contributed by atoms with van der Waals surface area (Å²) in [7, 11) is 0. The first-order valence-corrected chi connectivity index (χ1v) is 10.8. The van der Waals surface area contributed by atoms with Crippen LogP contribution in [0.3, 0.4) is 0 Å². The molecule has 0 saturated heterocycles. The van der Waals surface area contributed by atoms with Gasteiger partial charge < -0.3 is 10.6 Å². The molecule has 2 aromatic rings. The van der Waals surface area contributed by atoms with Crippen LogP contribution in [0.1, 0.15) is 54.4 Å². The molecule has 0 aromatic heterocycles. The van der Waals surface area contributed by atoms with E-state index in [1.54, 1.807) is 0 Å². The summed E-state index contributed by atoms with van der Waals surface area (Å²) in [5.41, 5.74) is 2.08. The van der Waals surface area contributed by atoms with E-state index in [-0.39, 0.29) is 17.4 Å². The fourth-order valence-electron chi connectivity index (χ4n) is 6.34. The average Bonchev–Trinajstić information content (AvgIpc) is 2.67. The van der Waals surface area contributed by atoms with Crippen LogP contribution in [0.25, 0.3) is 0 Å². The van der Waals surface area contributed by atoms with Crippen LogP contribution in [0.4, 0.5) is 5.69 Å². The Balaban J connectivity index is 1.30. The third-order valence-electron chi connectivity index (χ3n) is 7.07. The molecule has 2 N–H and O–H groups in total. The number of hydrogen-bond acceptors (Lipinski definition) is 2. The van der Waals surface area contributed by atoms with Crippen LogP contribution in [-0.4, -0.2) is 17.4 Å². The summed E-state index contributed by atoms with van der Waals surface area (Å²) in [5, 5.41) is 6.36. The quantitative estimate of drug-likeness (QED) is 0.788. The minimum Gasteiger partial charge on any atom is -0.347 e. The minimum absolute atomic E-state index is 0.0347. The molecule has 4 fully saturated rings. The second-order valence-electron chi connectivity index (χ2n) is 9.41. The van der Waals surface area contributed by atoms with Gasteiger partial charge in [0.1, 0.15) is 0 Å². The van der Waals surface area contributed by atoms with Crippen molar-refractivity contribution in [3.8, 4) is 0 Å². The van der Waals surface area contributed by atoms with E-state index < -0.39 is 0 Å². The molecule has 4 aliphatic carbocycles. The standard InChI is InChI=1S/C25H28N2O2/c28-23(13-17-6-2-1-3-7-17)26-22-9-5-4-8-21(22)24(29)27-25-14-18-10-19(15-25)12-20(11-18)16-25/h1-9,18-20H,10-16H2,(H,26,28)(H,27,29). The Morgan fingerprint density at radius 2 is 1.41 bits per heavy atom. The van der Waals surface area contributed by atoms with Gasteiger partial charge in [-0.1, -0.05) is 42.5 Å². The predicted octanol–water partition coefficient (Wildman–Crippen LogP) is 4.57. The summed E-state index contributed by atoms with van der Waals surface area (Å²) >= 11 is 0. The number of anilines is 1. The monoisotopic (exact) mass is 388 g/mol. The number of nitrogens with one attached hydrogen (secondary N) is 2. The number of para-hydroxylation sites is 1. The topological polar surface area (TPSA) is 58.2 Å². The number of hydrogen-bond donors (Lipinski definition) is 2. The SMILES string of the molecule is O=C(Cc1ccccc1)Nc1ccccc1C(=O)NC12CC3CC(CC(C3)C1)C2. The van der Waals surface area contributed by atoms with Gasteiger partial charge in [-0.15, -0.1) is 0 Å². The highest BCUT2D eigenvalue weighted by Gasteiger charge is 2.51. The first-order valence-electron chi connectivity index (χ1n) is 10.8. The van der Waals surface area contributed by atoms with Crippen molar-refractivity contribution in [1.82, 2.24) is 5.32 Å². The van der Waals surface area contributed by atoms with Crippen molar-refractivity contribution in [2.24, 2.45) is 17.8 Å².